The highest BCUT2D eigenvalue weighted by molar-refractivity contribution is 6.33. The molecule has 0 amide bonds. The molecule has 6 heteroatoms. The lowest BCUT2D eigenvalue weighted by atomic mass is 10.0. The molecule has 0 unspecified atom stereocenters. The molecule has 1 aliphatic heterocycles. The Morgan fingerprint density at radius 3 is 2.50 bits per heavy atom. The van der Waals surface area contributed by atoms with Crippen LogP contribution in [-0.2, 0) is 0 Å². The van der Waals surface area contributed by atoms with Crippen LogP contribution in [0.5, 0.6) is 0 Å². The van der Waals surface area contributed by atoms with Crippen LogP contribution in [0.25, 0.3) is 22.0 Å². The maximum atomic E-state index is 6.39. The Kier molecular flexibility index (Phi) is 5.19. The van der Waals surface area contributed by atoms with Gasteiger partial charge in [-0.15, -0.1) is 12.4 Å². The van der Waals surface area contributed by atoms with Gasteiger partial charge >= 0.3 is 0 Å². The number of aromatic nitrogens is 2. The molecular formula is C18H18Cl2N4. The number of rotatable bonds is 2. The number of nitrogens with zero attached hydrogens (tertiary/aromatic N) is 3. The number of hydrogen-bond donors (Lipinski definition) is 1. The fourth-order valence-electron chi connectivity index (χ4n) is 2.96. The lowest BCUT2D eigenvalue weighted by Gasteiger charge is -2.27. The minimum absolute atomic E-state index is 0. The van der Waals surface area contributed by atoms with Crippen molar-refractivity contribution in [3.8, 4) is 11.1 Å². The zero-order chi connectivity index (χ0) is 15.6. The number of anilines is 1. The minimum atomic E-state index is 0. The predicted octanol–water partition coefficient (Wildman–Crippen LogP) is 3.78. The van der Waals surface area contributed by atoms with E-state index in [9.17, 15) is 0 Å². The Hall–Kier alpha value is -1.88. The van der Waals surface area contributed by atoms with Crippen LogP contribution in [0.2, 0.25) is 5.02 Å². The van der Waals surface area contributed by atoms with Crippen LogP contribution in [0.1, 0.15) is 0 Å². The molecule has 1 fully saturated rings. The molecule has 0 radical (unpaired) electrons. The van der Waals surface area contributed by atoms with E-state index in [4.69, 9.17) is 16.6 Å². The van der Waals surface area contributed by atoms with Crippen LogP contribution in [-0.4, -0.2) is 36.1 Å². The first-order valence-corrected chi connectivity index (χ1v) is 8.17. The quantitative estimate of drug-likeness (QED) is 0.754. The standard InChI is InChI=1S/C18H17ClN4.ClH/c19-16-7-2-1-5-14(16)15-6-3-4-13-12-21-18(22-17(13)15)23-10-8-20-9-11-23;/h1-7,12,20H,8-11H2;1H. The van der Waals surface area contributed by atoms with Crippen LogP contribution >= 0.6 is 24.0 Å². The molecule has 1 aliphatic rings. The fraction of sp³-hybridized carbons (Fsp3) is 0.222. The molecule has 0 saturated carbocycles. The third-order valence-electron chi connectivity index (χ3n) is 4.16. The Morgan fingerprint density at radius 1 is 0.958 bits per heavy atom. The van der Waals surface area contributed by atoms with Gasteiger partial charge in [-0.25, -0.2) is 9.97 Å². The number of para-hydroxylation sites is 1. The third-order valence-corrected chi connectivity index (χ3v) is 4.49. The van der Waals surface area contributed by atoms with E-state index < -0.39 is 0 Å². The van der Waals surface area contributed by atoms with E-state index in [-0.39, 0.29) is 12.4 Å². The number of nitrogens with one attached hydrogen (secondary N) is 1. The van der Waals surface area contributed by atoms with Gasteiger partial charge in [0, 0.05) is 53.9 Å². The molecule has 1 saturated heterocycles. The van der Waals surface area contributed by atoms with Crippen molar-refractivity contribution in [2.75, 3.05) is 31.1 Å². The van der Waals surface area contributed by atoms with Crippen molar-refractivity contribution in [1.29, 1.82) is 0 Å². The van der Waals surface area contributed by atoms with Gasteiger partial charge in [0.1, 0.15) is 0 Å². The SMILES string of the molecule is Cl.Clc1ccccc1-c1cccc2cnc(N3CCNCC3)nc12. The lowest BCUT2D eigenvalue weighted by molar-refractivity contribution is 0.580. The summed E-state index contributed by atoms with van der Waals surface area (Å²) in [7, 11) is 0. The molecule has 4 nitrogen and oxygen atoms in total. The number of benzene rings is 2. The Balaban J connectivity index is 0.00000169. The van der Waals surface area contributed by atoms with Crippen molar-refractivity contribution in [3.05, 3.63) is 53.7 Å². The van der Waals surface area contributed by atoms with Gasteiger partial charge in [0.15, 0.2) is 0 Å². The van der Waals surface area contributed by atoms with Crippen molar-refractivity contribution in [2.45, 2.75) is 0 Å². The Labute approximate surface area is 152 Å². The van der Waals surface area contributed by atoms with Crippen LogP contribution < -0.4 is 10.2 Å². The van der Waals surface area contributed by atoms with E-state index in [1.165, 1.54) is 0 Å². The zero-order valence-corrected chi connectivity index (χ0v) is 14.6. The van der Waals surface area contributed by atoms with Crippen LogP contribution in [0.3, 0.4) is 0 Å². The highest BCUT2D eigenvalue weighted by atomic mass is 35.5. The molecule has 124 valence electrons. The first kappa shape index (κ1) is 17.0. The topological polar surface area (TPSA) is 41.1 Å². The molecule has 1 aromatic heterocycles. The van der Waals surface area contributed by atoms with Crippen molar-refractivity contribution in [3.63, 3.8) is 0 Å². The second-order valence-corrected chi connectivity index (χ2v) is 6.04. The number of piperazine rings is 1. The van der Waals surface area contributed by atoms with Gasteiger partial charge in [0.05, 0.1) is 5.52 Å². The zero-order valence-electron chi connectivity index (χ0n) is 13.1. The molecule has 0 aliphatic carbocycles. The van der Waals surface area contributed by atoms with Crippen LogP contribution in [0, 0.1) is 0 Å². The van der Waals surface area contributed by atoms with Gasteiger partial charge in [-0.05, 0) is 6.07 Å². The molecular weight excluding hydrogens is 343 g/mol. The van der Waals surface area contributed by atoms with Gasteiger partial charge < -0.3 is 10.2 Å². The first-order chi connectivity index (χ1) is 11.3. The van der Waals surface area contributed by atoms with E-state index in [1.54, 1.807) is 0 Å². The maximum Gasteiger partial charge on any atom is 0.225 e. The molecule has 3 aromatic rings. The summed E-state index contributed by atoms with van der Waals surface area (Å²) in [5, 5.41) is 5.12. The highest BCUT2D eigenvalue weighted by Gasteiger charge is 2.15. The summed E-state index contributed by atoms with van der Waals surface area (Å²) in [6, 6.07) is 14.0. The smallest absolute Gasteiger partial charge is 0.225 e. The molecule has 0 bridgehead atoms. The summed E-state index contributed by atoms with van der Waals surface area (Å²) < 4.78 is 0. The summed E-state index contributed by atoms with van der Waals surface area (Å²) in [6.45, 7) is 3.79. The summed E-state index contributed by atoms with van der Waals surface area (Å²) in [5.41, 5.74) is 3.00. The fourth-order valence-corrected chi connectivity index (χ4v) is 3.20. The normalized spacial score (nSPS) is 14.5. The van der Waals surface area contributed by atoms with Gasteiger partial charge in [0.2, 0.25) is 5.95 Å². The van der Waals surface area contributed by atoms with Gasteiger partial charge in [-0.3, -0.25) is 0 Å². The summed E-state index contributed by atoms with van der Waals surface area (Å²) in [6.07, 6.45) is 1.90. The summed E-state index contributed by atoms with van der Waals surface area (Å²) >= 11 is 6.39. The van der Waals surface area contributed by atoms with Gasteiger partial charge in [0.25, 0.3) is 0 Å². The highest BCUT2D eigenvalue weighted by Crippen LogP contribution is 2.32. The largest absolute Gasteiger partial charge is 0.338 e. The van der Waals surface area contributed by atoms with Gasteiger partial charge in [-0.2, -0.15) is 0 Å². The monoisotopic (exact) mass is 360 g/mol. The van der Waals surface area contributed by atoms with Crippen molar-refractivity contribution < 1.29 is 0 Å². The second-order valence-electron chi connectivity index (χ2n) is 5.63. The van der Waals surface area contributed by atoms with Crippen molar-refractivity contribution in [1.82, 2.24) is 15.3 Å². The van der Waals surface area contributed by atoms with Crippen LogP contribution in [0.4, 0.5) is 5.95 Å². The molecule has 4 rings (SSSR count). The number of halogens is 2. The number of fused-ring (bicyclic) bond motifs is 1. The van der Waals surface area contributed by atoms with Crippen molar-refractivity contribution in [2.24, 2.45) is 0 Å². The van der Waals surface area contributed by atoms with E-state index in [2.05, 4.69) is 21.3 Å². The average Bonchev–Trinajstić information content (AvgIpc) is 2.62. The summed E-state index contributed by atoms with van der Waals surface area (Å²) in [5.74, 6) is 0.790. The first-order valence-electron chi connectivity index (χ1n) is 7.79. The van der Waals surface area contributed by atoms with E-state index in [1.807, 2.05) is 42.6 Å². The van der Waals surface area contributed by atoms with E-state index in [0.717, 1.165) is 59.2 Å². The third kappa shape index (κ3) is 3.18. The van der Waals surface area contributed by atoms with E-state index >= 15 is 0 Å². The van der Waals surface area contributed by atoms with Crippen LogP contribution in [0.15, 0.2) is 48.7 Å². The average molecular weight is 361 g/mol. The molecule has 2 heterocycles. The minimum Gasteiger partial charge on any atom is -0.338 e. The molecule has 0 spiro atoms. The maximum absolute atomic E-state index is 6.39. The van der Waals surface area contributed by atoms with Crippen molar-refractivity contribution >= 4 is 40.9 Å². The molecule has 24 heavy (non-hydrogen) atoms. The Morgan fingerprint density at radius 2 is 1.71 bits per heavy atom. The molecule has 0 atom stereocenters. The Bertz CT molecular complexity index is 847. The lowest BCUT2D eigenvalue weighted by Crippen LogP contribution is -2.44. The number of hydrogen-bond acceptors (Lipinski definition) is 4. The second kappa shape index (κ2) is 7.34. The molecule has 2 aromatic carbocycles. The summed E-state index contributed by atoms with van der Waals surface area (Å²) in [4.78, 5) is 11.6. The van der Waals surface area contributed by atoms with Gasteiger partial charge in [-0.1, -0.05) is 48.0 Å². The van der Waals surface area contributed by atoms with E-state index in [0.29, 0.717) is 0 Å². The molecule has 1 N–H and O–H groups in total. The predicted molar refractivity (Wildman–Crippen MR) is 102 cm³/mol.